The Labute approximate surface area is 183 Å². The van der Waals surface area contributed by atoms with Crippen LogP contribution in [0.15, 0.2) is 72.8 Å². The minimum atomic E-state index is -0.654. The monoisotopic (exact) mass is 426 g/mol. The molecule has 0 aliphatic rings. The Hall–Kier alpha value is -4.59. The summed E-state index contributed by atoms with van der Waals surface area (Å²) in [6.07, 6.45) is 0. The number of ether oxygens (including phenoxy) is 1. The van der Waals surface area contributed by atoms with Crippen LogP contribution < -0.4 is 5.73 Å². The van der Waals surface area contributed by atoms with Crippen LogP contribution in [0.4, 0.5) is 0 Å². The number of carbonyl (C=O) groups excluding carboxylic acids is 2. The second-order valence-electron chi connectivity index (χ2n) is 6.84. The smallest absolute Gasteiger partial charge is 0.337 e. The highest BCUT2D eigenvalue weighted by atomic mass is 16.5. The summed E-state index contributed by atoms with van der Waals surface area (Å²) in [5.41, 5.74) is 7.58. The number of nitrogens with two attached hydrogens (primary N) is 1. The van der Waals surface area contributed by atoms with Crippen molar-refractivity contribution in [2.45, 2.75) is 0 Å². The van der Waals surface area contributed by atoms with Gasteiger partial charge >= 0.3 is 5.97 Å². The lowest BCUT2D eigenvalue weighted by atomic mass is 10.1. The number of rotatable bonds is 5. The van der Waals surface area contributed by atoms with E-state index in [-0.39, 0.29) is 17.1 Å². The number of hydrogen-bond acceptors (Lipinski definition) is 7. The molecular weight excluding hydrogens is 408 g/mol. The van der Waals surface area contributed by atoms with Gasteiger partial charge in [0, 0.05) is 16.7 Å². The van der Waals surface area contributed by atoms with Crippen molar-refractivity contribution in [3.05, 3.63) is 83.9 Å². The van der Waals surface area contributed by atoms with Crippen molar-refractivity contribution in [3.63, 3.8) is 0 Å². The van der Waals surface area contributed by atoms with Gasteiger partial charge in [-0.2, -0.15) is 0 Å². The number of aromatic nitrogens is 3. The molecule has 3 N–H and O–H groups in total. The summed E-state index contributed by atoms with van der Waals surface area (Å²) in [7, 11) is 1.32. The second-order valence-corrected chi connectivity index (χ2v) is 6.84. The molecule has 4 rings (SSSR count). The summed E-state index contributed by atoms with van der Waals surface area (Å²) < 4.78 is 4.73. The molecule has 4 aromatic rings. The van der Waals surface area contributed by atoms with Crippen LogP contribution in [0.25, 0.3) is 34.2 Å². The molecule has 0 radical (unpaired) electrons. The van der Waals surface area contributed by atoms with Gasteiger partial charge < -0.3 is 15.6 Å². The van der Waals surface area contributed by atoms with Gasteiger partial charge in [0.1, 0.15) is 5.75 Å². The van der Waals surface area contributed by atoms with Crippen molar-refractivity contribution in [1.82, 2.24) is 15.0 Å². The Bertz CT molecular complexity index is 1310. The van der Waals surface area contributed by atoms with Crippen LogP contribution in [-0.4, -0.2) is 39.0 Å². The van der Waals surface area contributed by atoms with Gasteiger partial charge in [-0.05, 0) is 30.3 Å². The Morgan fingerprint density at radius 1 is 0.781 bits per heavy atom. The molecule has 0 fully saturated rings. The third-order valence-corrected chi connectivity index (χ3v) is 4.75. The van der Waals surface area contributed by atoms with Gasteiger partial charge in [0.2, 0.25) is 5.91 Å². The van der Waals surface area contributed by atoms with Crippen LogP contribution in [0, 0.1) is 0 Å². The number of carbonyl (C=O) groups is 2. The Morgan fingerprint density at radius 2 is 1.34 bits per heavy atom. The van der Waals surface area contributed by atoms with Crippen molar-refractivity contribution in [2.75, 3.05) is 7.11 Å². The van der Waals surface area contributed by atoms with Crippen molar-refractivity contribution in [1.29, 1.82) is 0 Å². The molecule has 0 saturated carbocycles. The van der Waals surface area contributed by atoms with E-state index in [1.165, 1.54) is 25.3 Å². The fraction of sp³-hybridized carbons (Fsp3) is 0.0417. The van der Waals surface area contributed by atoms with Crippen LogP contribution in [0.5, 0.6) is 5.75 Å². The number of benzene rings is 3. The zero-order valence-corrected chi connectivity index (χ0v) is 17.0. The lowest BCUT2D eigenvalue weighted by molar-refractivity contribution is 0.0600. The zero-order chi connectivity index (χ0) is 22.7. The van der Waals surface area contributed by atoms with Crippen molar-refractivity contribution >= 4 is 11.9 Å². The number of nitrogens with zero attached hydrogens (tertiary/aromatic N) is 3. The average molecular weight is 426 g/mol. The molecule has 1 heterocycles. The lowest BCUT2D eigenvalue weighted by Gasteiger charge is -2.10. The maximum absolute atomic E-state index is 11.7. The number of primary amides is 1. The lowest BCUT2D eigenvalue weighted by Crippen LogP contribution is -2.10. The standard InChI is InChI=1S/C24H18N4O4/c1-32-24(31)16-9-7-15(8-10-16)22-26-21(14-5-3-2-4-6-14)27-23(28-22)18-12-11-17(20(25)30)13-19(18)29/h2-13,29H,1H3,(H2,25,30). The molecule has 0 atom stereocenters. The highest BCUT2D eigenvalue weighted by Gasteiger charge is 2.16. The first-order valence-electron chi connectivity index (χ1n) is 9.59. The molecule has 0 bridgehead atoms. The number of phenols is 1. The SMILES string of the molecule is COC(=O)c1ccc(-c2nc(-c3ccccc3)nc(-c3ccc(C(N)=O)cc3O)n2)cc1. The summed E-state index contributed by atoms with van der Waals surface area (Å²) in [5.74, 6) is -0.307. The summed E-state index contributed by atoms with van der Waals surface area (Å²) in [4.78, 5) is 36.8. The summed E-state index contributed by atoms with van der Waals surface area (Å²) in [5, 5.41) is 10.5. The van der Waals surface area contributed by atoms with E-state index in [9.17, 15) is 14.7 Å². The van der Waals surface area contributed by atoms with E-state index < -0.39 is 11.9 Å². The highest BCUT2D eigenvalue weighted by molar-refractivity contribution is 5.94. The van der Waals surface area contributed by atoms with Crippen LogP contribution in [-0.2, 0) is 4.74 Å². The quantitative estimate of drug-likeness (QED) is 0.468. The first-order valence-corrected chi connectivity index (χ1v) is 9.59. The maximum Gasteiger partial charge on any atom is 0.337 e. The molecule has 3 aromatic carbocycles. The maximum atomic E-state index is 11.7. The first kappa shape index (κ1) is 20.7. The minimum absolute atomic E-state index is 0.169. The molecule has 8 heteroatoms. The Kier molecular flexibility index (Phi) is 5.59. The average Bonchev–Trinajstić information content (AvgIpc) is 2.83. The molecule has 8 nitrogen and oxygen atoms in total. The van der Waals surface area contributed by atoms with Crippen molar-refractivity contribution in [2.24, 2.45) is 5.73 Å². The van der Waals surface area contributed by atoms with Gasteiger partial charge in [-0.1, -0.05) is 42.5 Å². The van der Waals surface area contributed by atoms with Gasteiger partial charge in [0.25, 0.3) is 0 Å². The Balaban J connectivity index is 1.86. The van der Waals surface area contributed by atoms with Gasteiger partial charge in [-0.3, -0.25) is 4.79 Å². The fourth-order valence-electron chi connectivity index (χ4n) is 3.09. The molecule has 1 aromatic heterocycles. The van der Waals surface area contributed by atoms with Gasteiger partial charge in [-0.25, -0.2) is 19.7 Å². The largest absolute Gasteiger partial charge is 0.507 e. The molecule has 0 aliphatic carbocycles. The van der Waals surface area contributed by atoms with Crippen LogP contribution in [0.2, 0.25) is 0 Å². The molecule has 0 aliphatic heterocycles. The third kappa shape index (κ3) is 4.15. The topological polar surface area (TPSA) is 128 Å². The molecule has 0 spiro atoms. The summed E-state index contributed by atoms with van der Waals surface area (Å²) in [6, 6.07) is 20.3. The fourth-order valence-corrected chi connectivity index (χ4v) is 3.09. The summed E-state index contributed by atoms with van der Waals surface area (Å²) in [6.45, 7) is 0. The van der Waals surface area contributed by atoms with Crippen molar-refractivity contribution < 1.29 is 19.4 Å². The van der Waals surface area contributed by atoms with Crippen LogP contribution >= 0.6 is 0 Å². The predicted octanol–water partition coefficient (Wildman–Crippen LogP) is 3.46. The van der Waals surface area contributed by atoms with Crippen LogP contribution in [0.3, 0.4) is 0 Å². The minimum Gasteiger partial charge on any atom is -0.507 e. The van der Waals surface area contributed by atoms with E-state index in [4.69, 9.17) is 10.5 Å². The van der Waals surface area contributed by atoms with E-state index in [2.05, 4.69) is 15.0 Å². The van der Waals surface area contributed by atoms with E-state index >= 15 is 0 Å². The molecular formula is C24H18N4O4. The third-order valence-electron chi connectivity index (χ3n) is 4.75. The molecule has 32 heavy (non-hydrogen) atoms. The van der Waals surface area contributed by atoms with Gasteiger partial charge in [-0.15, -0.1) is 0 Å². The number of amides is 1. The predicted molar refractivity (Wildman–Crippen MR) is 118 cm³/mol. The van der Waals surface area contributed by atoms with Gasteiger partial charge in [0.15, 0.2) is 17.5 Å². The Morgan fingerprint density at radius 3 is 1.91 bits per heavy atom. The highest BCUT2D eigenvalue weighted by Crippen LogP contribution is 2.30. The zero-order valence-electron chi connectivity index (χ0n) is 17.0. The number of hydrogen-bond donors (Lipinski definition) is 2. The number of methoxy groups -OCH3 is 1. The first-order chi connectivity index (χ1) is 15.5. The van der Waals surface area contributed by atoms with E-state index in [0.717, 1.165) is 5.56 Å². The number of phenolic OH excluding ortho intramolecular Hbond substituents is 1. The molecule has 0 unspecified atom stereocenters. The van der Waals surface area contributed by atoms with Crippen molar-refractivity contribution in [3.8, 4) is 39.9 Å². The molecule has 0 saturated heterocycles. The van der Waals surface area contributed by atoms with E-state index in [1.54, 1.807) is 24.3 Å². The van der Waals surface area contributed by atoms with Gasteiger partial charge in [0.05, 0.1) is 18.2 Å². The summed E-state index contributed by atoms with van der Waals surface area (Å²) >= 11 is 0. The number of aromatic hydroxyl groups is 1. The van der Waals surface area contributed by atoms with E-state index in [0.29, 0.717) is 28.3 Å². The van der Waals surface area contributed by atoms with Crippen LogP contribution in [0.1, 0.15) is 20.7 Å². The number of esters is 1. The molecule has 158 valence electrons. The second kappa shape index (κ2) is 8.65. The van der Waals surface area contributed by atoms with E-state index in [1.807, 2.05) is 30.3 Å². The normalized spacial score (nSPS) is 10.5. The molecule has 1 amide bonds.